The van der Waals surface area contributed by atoms with Crippen LogP contribution in [0.15, 0.2) is 83.8 Å². The quantitative estimate of drug-likeness (QED) is 0.395. The van der Waals surface area contributed by atoms with Crippen molar-refractivity contribution in [2.45, 2.75) is 18.4 Å². The fourth-order valence-corrected chi connectivity index (χ4v) is 4.39. The molecule has 6 heteroatoms. The minimum Gasteiger partial charge on any atom is -0.426 e. The fourth-order valence-electron chi connectivity index (χ4n) is 3.35. The van der Waals surface area contributed by atoms with Crippen molar-refractivity contribution >= 4 is 37.5 Å². The van der Waals surface area contributed by atoms with Crippen LogP contribution in [-0.4, -0.2) is 14.4 Å². The molecule has 0 aliphatic rings. The highest BCUT2D eigenvalue weighted by Crippen LogP contribution is 2.28. The second kappa shape index (κ2) is 7.66. The number of sulfonamides is 1. The number of rotatable bonds is 5. The molecule has 4 aromatic carbocycles. The number of nitrogens with one attached hydrogen (secondary N) is 1. The fraction of sp³-hybridized carbons (Fsp3) is 0.0870. The molecule has 0 unspecified atom stereocenters. The Morgan fingerprint density at radius 3 is 2.41 bits per heavy atom. The van der Waals surface area contributed by atoms with Gasteiger partial charge in [0.2, 0.25) is 10.0 Å². The van der Waals surface area contributed by atoms with Gasteiger partial charge < -0.3 is 4.74 Å². The third-order valence-electron chi connectivity index (χ3n) is 4.71. The van der Waals surface area contributed by atoms with Crippen LogP contribution in [0.1, 0.15) is 12.5 Å². The van der Waals surface area contributed by atoms with E-state index in [1.54, 1.807) is 30.3 Å². The summed E-state index contributed by atoms with van der Waals surface area (Å²) in [6, 6.07) is 23.6. The van der Waals surface area contributed by atoms with Crippen molar-refractivity contribution in [1.82, 2.24) is 4.72 Å². The van der Waals surface area contributed by atoms with E-state index in [1.807, 2.05) is 42.5 Å². The third-order valence-corrected chi connectivity index (χ3v) is 6.11. The van der Waals surface area contributed by atoms with Crippen molar-refractivity contribution in [1.29, 1.82) is 0 Å². The predicted molar refractivity (Wildman–Crippen MR) is 113 cm³/mol. The summed E-state index contributed by atoms with van der Waals surface area (Å²) in [6.07, 6.45) is 0. The van der Waals surface area contributed by atoms with E-state index >= 15 is 0 Å². The van der Waals surface area contributed by atoms with Crippen LogP contribution < -0.4 is 9.46 Å². The van der Waals surface area contributed by atoms with Crippen LogP contribution in [0.5, 0.6) is 5.75 Å². The normalized spacial score (nSPS) is 11.6. The first-order chi connectivity index (χ1) is 13.9. The molecule has 0 aliphatic heterocycles. The van der Waals surface area contributed by atoms with Crippen molar-refractivity contribution < 1.29 is 17.9 Å². The number of esters is 1. The Hall–Kier alpha value is -3.22. The van der Waals surface area contributed by atoms with Crippen LogP contribution in [0.4, 0.5) is 0 Å². The third kappa shape index (κ3) is 3.99. The minimum atomic E-state index is -3.71. The van der Waals surface area contributed by atoms with E-state index in [-0.39, 0.29) is 11.4 Å². The van der Waals surface area contributed by atoms with Gasteiger partial charge in [0.25, 0.3) is 0 Å². The van der Waals surface area contributed by atoms with Crippen LogP contribution in [0.25, 0.3) is 21.5 Å². The van der Waals surface area contributed by atoms with Crippen LogP contribution >= 0.6 is 0 Å². The molecule has 0 radical (unpaired) electrons. The smallest absolute Gasteiger partial charge is 0.308 e. The zero-order chi connectivity index (χ0) is 20.4. The van der Waals surface area contributed by atoms with E-state index in [4.69, 9.17) is 4.74 Å². The molecule has 0 saturated carbocycles. The van der Waals surface area contributed by atoms with E-state index in [0.29, 0.717) is 16.5 Å². The highest BCUT2D eigenvalue weighted by atomic mass is 32.2. The van der Waals surface area contributed by atoms with E-state index in [9.17, 15) is 13.2 Å². The summed E-state index contributed by atoms with van der Waals surface area (Å²) >= 11 is 0. The number of carbonyl (C=O) groups is 1. The molecule has 0 fully saturated rings. The van der Waals surface area contributed by atoms with E-state index < -0.39 is 16.0 Å². The molecule has 0 bridgehead atoms. The van der Waals surface area contributed by atoms with E-state index in [2.05, 4.69) is 4.72 Å². The first-order valence-corrected chi connectivity index (χ1v) is 10.6. The summed E-state index contributed by atoms with van der Waals surface area (Å²) in [5, 5.41) is 3.43. The number of fused-ring (bicyclic) bond motifs is 2. The lowest BCUT2D eigenvalue weighted by molar-refractivity contribution is -0.131. The molecule has 0 heterocycles. The Balaban J connectivity index is 1.63. The molecule has 0 aromatic heterocycles. The molecule has 1 N–H and O–H groups in total. The summed E-state index contributed by atoms with van der Waals surface area (Å²) in [5.74, 6) is -0.0198. The summed E-state index contributed by atoms with van der Waals surface area (Å²) in [4.78, 5) is 11.4. The largest absolute Gasteiger partial charge is 0.426 e. The van der Waals surface area contributed by atoms with Crippen LogP contribution in [0, 0.1) is 0 Å². The first kappa shape index (κ1) is 19.1. The van der Waals surface area contributed by atoms with Crippen molar-refractivity contribution in [3.05, 3.63) is 84.4 Å². The Bertz CT molecular complexity index is 1320. The number of benzene rings is 4. The molecule has 4 aromatic rings. The average molecular weight is 405 g/mol. The lowest BCUT2D eigenvalue weighted by Gasteiger charge is -2.11. The second-order valence-electron chi connectivity index (χ2n) is 6.70. The van der Waals surface area contributed by atoms with Crippen molar-refractivity contribution in [3.63, 3.8) is 0 Å². The Labute approximate surface area is 169 Å². The maximum absolute atomic E-state index is 12.9. The molecule has 146 valence electrons. The maximum Gasteiger partial charge on any atom is 0.308 e. The molecule has 0 spiro atoms. The number of carbonyl (C=O) groups excluding carboxylic acids is 1. The zero-order valence-electron chi connectivity index (χ0n) is 15.8. The van der Waals surface area contributed by atoms with Gasteiger partial charge in [0, 0.05) is 18.9 Å². The summed E-state index contributed by atoms with van der Waals surface area (Å²) in [7, 11) is -3.71. The topological polar surface area (TPSA) is 72.5 Å². The van der Waals surface area contributed by atoms with Gasteiger partial charge in [0.05, 0.1) is 4.90 Å². The number of hydrogen-bond acceptors (Lipinski definition) is 4. The average Bonchev–Trinajstić information content (AvgIpc) is 2.72. The van der Waals surface area contributed by atoms with Gasteiger partial charge in [-0.25, -0.2) is 13.1 Å². The van der Waals surface area contributed by atoms with E-state index in [0.717, 1.165) is 16.3 Å². The Morgan fingerprint density at radius 1 is 0.862 bits per heavy atom. The molecule has 29 heavy (non-hydrogen) atoms. The molecule has 5 nitrogen and oxygen atoms in total. The lowest BCUT2D eigenvalue weighted by atomic mass is 10.1. The summed E-state index contributed by atoms with van der Waals surface area (Å²) < 4.78 is 33.6. The standard InChI is InChI=1S/C23H19NO4S/c1-16(25)28-23-11-5-8-18-14-20(12-13-22(18)23)29(26,27)24-15-19-9-4-7-17-6-2-3-10-21(17)19/h2-14,24H,15H2,1H3. The highest BCUT2D eigenvalue weighted by Gasteiger charge is 2.16. The summed E-state index contributed by atoms with van der Waals surface area (Å²) in [5.41, 5.74) is 0.907. The van der Waals surface area contributed by atoms with Crippen LogP contribution in [0.2, 0.25) is 0 Å². The Morgan fingerprint density at radius 2 is 1.59 bits per heavy atom. The summed E-state index contributed by atoms with van der Waals surface area (Å²) in [6.45, 7) is 1.52. The molecular formula is C23H19NO4S. The maximum atomic E-state index is 12.9. The van der Waals surface area contributed by atoms with Crippen molar-refractivity contribution in [2.24, 2.45) is 0 Å². The van der Waals surface area contributed by atoms with Gasteiger partial charge in [-0.05, 0) is 46.0 Å². The molecular weight excluding hydrogens is 386 g/mol. The minimum absolute atomic E-state index is 0.158. The monoisotopic (exact) mass is 405 g/mol. The zero-order valence-corrected chi connectivity index (χ0v) is 16.6. The van der Waals surface area contributed by atoms with Crippen molar-refractivity contribution in [3.8, 4) is 5.75 Å². The SMILES string of the molecule is CC(=O)Oc1cccc2cc(S(=O)(=O)NCc3cccc4ccccc34)ccc12. The highest BCUT2D eigenvalue weighted by molar-refractivity contribution is 7.89. The first-order valence-electron chi connectivity index (χ1n) is 9.11. The van der Waals surface area contributed by atoms with Gasteiger partial charge in [0.1, 0.15) is 5.75 Å². The van der Waals surface area contributed by atoms with Gasteiger partial charge >= 0.3 is 5.97 Å². The number of hydrogen-bond donors (Lipinski definition) is 1. The van der Waals surface area contributed by atoms with Crippen molar-refractivity contribution in [2.75, 3.05) is 0 Å². The van der Waals surface area contributed by atoms with Gasteiger partial charge in [-0.3, -0.25) is 4.79 Å². The molecule has 0 amide bonds. The predicted octanol–water partition coefficient (Wildman–Crippen LogP) is 4.40. The second-order valence-corrected chi connectivity index (χ2v) is 8.46. The van der Waals surface area contributed by atoms with Gasteiger partial charge in [-0.2, -0.15) is 0 Å². The number of ether oxygens (including phenoxy) is 1. The molecule has 0 aliphatic carbocycles. The van der Waals surface area contributed by atoms with Crippen LogP contribution in [0.3, 0.4) is 0 Å². The van der Waals surface area contributed by atoms with Gasteiger partial charge in [-0.1, -0.05) is 54.6 Å². The van der Waals surface area contributed by atoms with Gasteiger partial charge in [0.15, 0.2) is 0 Å². The van der Waals surface area contributed by atoms with E-state index in [1.165, 1.54) is 13.0 Å². The van der Waals surface area contributed by atoms with Crippen LogP contribution in [-0.2, 0) is 21.4 Å². The lowest BCUT2D eigenvalue weighted by Crippen LogP contribution is -2.23. The molecule has 4 rings (SSSR count). The molecule has 0 atom stereocenters. The Kier molecular flexibility index (Phi) is 5.05. The van der Waals surface area contributed by atoms with Gasteiger partial charge in [-0.15, -0.1) is 0 Å². The molecule has 0 saturated heterocycles.